The summed E-state index contributed by atoms with van der Waals surface area (Å²) in [5.74, 6) is -0.320. The van der Waals surface area contributed by atoms with Gasteiger partial charge in [-0.2, -0.15) is 0 Å². The highest BCUT2D eigenvalue weighted by molar-refractivity contribution is 7.88. The molecule has 5 N–H and O–H groups in total. The Morgan fingerprint density at radius 3 is 2.53 bits per heavy atom. The molecule has 0 aliphatic carbocycles. The molecular weight excluding hydrogens is 608 g/mol. The fraction of sp³-hybridized carbons (Fsp3) is 0.483. The van der Waals surface area contributed by atoms with Gasteiger partial charge in [0.1, 0.15) is 16.9 Å². The Kier molecular flexibility index (Phi) is 14.3. The number of carbonyl (C=O) groups excluding carboxylic acids is 3. The number of benzene rings is 1. The standard InChI is InChI=1S/C28H38N6O8S.CH4O/c1-7-19-23(41-17(2)30-19)25(36)32-26-31-20-15-18(24(29)35)16-21(22(20)34(26)12-8-9-14-40-43-38)39-13-10-11-33(6)27(37)42-28(3,4)5;1-2/h8-9,15-16,38H,7,10-14H2,1-6H3,(H2,29,35)(H,31,32,36);2H,1H3/b9-8+;. The number of imidazole rings is 1. The molecule has 45 heavy (non-hydrogen) atoms. The van der Waals surface area contributed by atoms with Gasteiger partial charge in [-0.25, -0.2) is 14.8 Å². The van der Waals surface area contributed by atoms with Crippen molar-refractivity contribution in [2.45, 2.75) is 59.6 Å². The van der Waals surface area contributed by atoms with Gasteiger partial charge in [0, 0.05) is 39.7 Å². The van der Waals surface area contributed by atoms with E-state index in [4.69, 9.17) is 33.5 Å². The van der Waals surface area contributed by atoms with E-state index in [0.29, 0.717) is 47.8 Å². The number of hydrogen-bond donors (Lipinski definition) is 4. The number of aromatic nitrogens is 3. The van der Waals surface area contributed by atoms with E-state index in [1.807, 2.05) is 6.92 Å². The first-order valence-electron chi connectivity index (χ1n) is 14.1. The lowest BCUT2D eigenvalue weighted by Crippen LogP contribution is -2.35. The van der Waals surface area contributed by atoms with Crippen molar-refractivity contribution in [1.82, 2.24) is 19.4 Å². The minimum Gasteiger partial charge on any atom is -0.491 e. The summed E-state index contributed by atoms with van der Waals surface area (Å²) in [5, 5.41) is 9.79. The van der Waals surface area contributed by atoms with Gasteiger partial charge in [-0.15, -0.1) is 0 Å². The van der Waals surface area contributed by atoms with Crippen LogP contribution >= 0.6 is 12.3 Å². The van der Waals surface area contributed by atoms with E-state index in [0.717, 1.165) is 7.11 Å². The van der Waals surface area contributed by atoms with Crippen molar-refractivity contribution in [2.24, 2.45) is 5.73 Å². The van der Waals surface area contributed by atoms with Gasteiger partial charge in [0.25, 0.3) is 5.91 Å². The largest absolute Gasteiger partial charge is 0.491 e. The minimum absolute atomic E-state index is 0.0749. The molecule has 0 saturated carbocycles. The monoisotopic (exact) mass is 650 g/mol. The summed E-state index contributed by atoms with van der Waals surface area (Å²) in [4.78, 5) is 47.9. The molecule has 2 heterocycles. The highest BCUT2D eigenvalue weighted by atomic mass is 32.2. The van der Waals surface area contributed by atoms with Crippen molar-refractivity contribution in [3.63, 3.8) is 0 Å². The van der Waals surface area contributed by atoms with Crippen molar-refractivity contribution < 1.29 is 42.1 Å². The van der Waals surface area contributed by atoms with Gasteiger partial charge < -0.3 is 38.8 Å². The number of oxazole rings is 1. The van der Waals surface area contributed by atoms with Crippen LogP contribution in [0.3, 0.4) is 0 Å². The SMILES string of the molecule is CCc1nc(C)oc1C(=O)Nc1nc2cc(C(N)=O)cc(OCCCN(C)C(=O)OC(C)(C)C)c2n1C/C=C/COSO.CO. The average molecular weight is 651 g/mol. The van der Waals surface area contributed by atoms with E-state index < -0.39 is 23.5 Å². The summed E-state index contributed by atoms with van der Waals surface area (Å²) in [6.07, 6.45) is 3.93. The zero-order valence-corrected chi connectivity index (χ0v) is 27.4. The molecule has 0 unspecified atom stereocenters. The summed E-state index contributed by atoms with van der Waals surface area (Å²) in [5.41, 5.74) is 6.50. The van der Waals surface area contributed by atoms with Crippen LogP contribution in [0.15, 0.2) is 28.7 Å². The third-order valence-corrected chi connectivity index (χ3v) is 6.18. The first kappa shape index (κ1) is 37.1. The lowest BCUT2D eigenvalue weighted by Gasteiger charge is -2.24. The second kappa shape index (κ2) is 17.4. The molecule has 0 saturated heterocycles. The maximum absolute atomic E-state index is 13.2. The van der Waals surface area contributed by atoms with Gasteiger partial charge in [0.05, 0.1) is 24.4 Å². The zero-order valence-electron chi connectivity index (χ0n) is 26.6. The highest BCUT2D eigenvalue weighted by Crippen LogP contribution is 2.31. The van der Waals surface area contributed by atoms with E-state index in [1.54, 1.807) is 51.5 Å². The number of carbonyl (C=O) groups is 3. The molecule has 0 fully saturated rings. The van der Waals surface area contributed by atoms with Crippen LogP contribution < -0.4 is 15.8 Å². The van der Waals surface area contributed by atoms with Crippen LogP contribution in [0.25, 0.3) is 11.0 Å². The predicted molar refractivity (Wildman–Crippen MR) is 169 cm³/mol. The van der Waals surface area contributed by atoms with Crippen LogP contribution in [0, 0.1) is 6.92 Å². The molecule has 3 aromatic rings. The Bertz CT molecular complexity index is 1480. The second-order valence-corrected chi connectivity index (χ2v) is 10.9. The number of ether oxygens (including phenoxy) is 2. The van der Waals surface area contributed by atoms with Gasteiger partial charge in [-0.1, -0.05) is 19.1 Å². The Labute approximate surface area is 266 Å². The van der Waals surface area contributed by atoms with E-state index in [-0.39, 0.29) is 49.4 Å². The van der Waals surface area contributed by atoms with Crippen molar-refractivity contribution in [1.29, 1.82) is 0 Å². The number of rotatable bonds is 14. The van der Waals surface area contributed by atoms with Crippen LogP contribution in [0.1, 0.15) is 66.6 Å². The van der Waals surface area contributed by atoms with Gasteiger partial charge in [0.15, 0.2) is 18.2 Å². The predicted octanol–water partition coefficient (Wildman–Crippen LogP) is 4.18. The first-order chi connectivity index (χ1) is 21.3. The highest BCUT2D eigenvalue weighted by Gasteiger charge is 2.24. The van der Waals surface area contributed by atoms with Crippen molar-refractivity contribution in [3.8, 4) is 5.75 Å². The Hall–Kier alpha value is -4.12. The number of nitrogens with two attached hydrogens (primary N) is 1. The summed E-state index contributed by atoms with van der Waals surface area (Å²) in [7, 11) is 2.63. The Morgan fingerprint density at radius 2 is 1.91 bits per heavy atom. The summed E-state index contributed by atoms with van der Waals surface area (Å²) >= 11 is 0.251. The number of nitrogens with one attached hydrogen (secondary N) is 1. The molecule has 3 rings (SSSR count). The van der Waals surface area contributed by atoms with E-state index in [9.17, 15) is 14.4 Å². The van der Waals surface area contributed by atoms with Gasteiger partial charge in [-0.3, -0.25) is 19.1 Å². The third kappa shape index (κ3) is 10.8. The summed E-state index contributed by atoms with van der Waals surface area (Å²) in [6.45, 7) is 9.79. The number of aliphatic hydroxyl groups excluding tert-OH is 1. The molecule has 3 amide bonds. The average Bonchev–Trinajstić information content (AvgIpc) is 3.54. The number of hydrogen-bond acceptors (Lipinski definition) is 12. The molecule has 0 spiro atoms. The summed E-state index contributed by atoms with van der Waals surface area (Å²) < 4.78 is 32.4. The van der Waals surface area contributed by atoms with Crippen LogP contribution in [-0.2, 0) is 21.9 Å². The fourth-order valence-corrected chi connectivity index (χ4v) is 4.17. The number of fused-ring (bicyclic) bond motifs is 1. The molecule has 0 bridgehead atoms. The Morgan fingerprint density at radius 1 is 1.20 bits per heavy atom. The fourth-order valence-electron chi connectivity index (χ4n) is 4.03. The number of anilines is 1. The van der Waals surface area contributed by atoms with Crippen molar-refractivity contribution in [3.05, 3.63) is 47.2 Å². The topological polar surface area (TPSA) is 204 Å². The molecule has 15 nitrogen and oxygen atoms in total. The maximum atomic E-state index is 13.2. The molecule has 1 aromatic carbocycles. The normalized spacial score (nSPS) is 11.3. The maximum Gasteiger partial charge on any atom is 0.410 e. The van der Waals surface area contributed by atoms with Crippen LogP contribution in [0.5, 0.6) is 5.75 Å². The van der Waals surface area contributed by atoms with Crippen molar-refractivity contribution in [2.75, 3.05) is 39.2 Å². The zero-order chi connectivity index (χ0) is 33.7. The number of allylic oxidation sites excluding steroid dienone is 1. The smallest absolute Gasteiger partial charge is 0.410 e. The molecule has 0 aliphatic rings. The number of amides is 3. The third-order valence-electron chi connectivity index (χ3n) is 5.93. The number of primary amides is 1. The van der Waals surface area contributed by atoms with E-state index in [2.05, 4.69) is 15.3 Å². The van der Waals surface area contributed by atoms with Gasteiger partial charge >= 0.3 is 6.09 Å². The molecule has 0 radical (unpaired) electrons. The van der Waals surface area contributed by atoms with E-state index >= 15 is 0 Å². The lowest BCUT2D eigenvalue weighted by atomic mass is 10.1. The van der Waals surface area contributed by atoms with Gasteiger partial charge in [-0.05, 0) is 45.7 Å². The Balaban J connectivity index is 0.00000345. The van der Waals surface area contributed by atoms with Crippen LogP contribution in [0.4, 0.5) is 10.7 Å². The van der Waals surface area contributed by atoms with E-state index in [1.165, 1.54) is 17.0 Å². The quantitative estimate of drug-likeness (QED) is 0.110. The minimum atomic E-state index is -0.681. The molecule has 0 atom stereocenters. The molecular formula is C29H42N6O9S. The number of aryl methyl sites for hydroxylation is 2. The molecule has 248 valence electrons. The van der Waals surface area contributed by atoms with Crippen LogP contribution in [-0.4, -0.2) is 86.5 Å². The molecule has 16 heteroatoms. The molecule has 2 aromatic heterocycles. The second-order valence-electron chi connectivity index (χ2n) is 10.5. The van der Waals surface area contributed by atoms with Gasteiger partial charge in [0.2, 0.25) is 17.6 Å². The number of aliphatic hydroxyl groups is 1. The summed E-state index contributed by atoms with van der Waals surface area (Å²) in [6, 6.07) is 3.02. The van der Waals surface area contributed by atoms with Crippen molar-refractivity contribution >= 4 is 47.2 Å². The number of nitrogens with zero attached hydrogens (tertiary/aromatic N) is 4. The lowest BCUT2D eigenvalue weighted by molar-refractivity contribution is 0.0292. The first-order valence-corrected chi connectivity index (χ1v) is 14.8. The molecule has 0 aliphatic heterocycles. The van der Waals surface area contributed by atoms with Crippen LogP contribution in [0.2, 0.25) is 0 Å².